The Bertz CT molecular complexity index is 471. The second kappa shape index (κ2) is 5.89. The van der Waals surface area contributed by atoms with Crippen molar-refractivity contribution in [1.29, 1.82) is 0 Å². The van der Waals surface area contributed by atoms with Crippen LogP contribution in [0.1, 0.15) is 56.1 Å². The fraction of sp³-hybridized carbons (Fsp3) is 0.714. The summed E-state index contributed by atoms with van der Waals surface area (Å²) in [5.41, 5.74) is 0.276. The molecule has 4 nitrogen and oxygen atoms in total. The number of carbonyl (C=O) groups excluding carboxylic acids is 1. The zero-order valence-corrected chi connectivity index (χ0v) is 11.9. The van der Waals surface area contributed by atoms with E-state index in [0.29, 0.717) is 12.8 Å². The van der Waals surface area contributed by atoms with Crippen molar-refractivity contribution in [3.63, 3.8) is 0 Å². The van der Waals surface area contributed by atoms with E-state index < -0.39 is 11.8 Å². The van der Waals surface area contributed by atoms with Crippen LogP contribution in [0.15, 0.2) is 12.3 Å². The van der Waals surface area contributed by atoms with Crippen LogP contribution in [-0.2, 0) is 0 Å². The van der Waals surface area contributed by atoms with Crippen LogP contribution in [0.3, 0.4) is 0 Å². The molecule has 6 heteroatoms. The second-order valence-corrected chi connectivity index (χ2v) is 5.69. The van der Waals surface area contributed by atoms with E-state index in [4.69, 9.17) is 0 Å². The summed E-state index contributed by atoms with van der Waals surface area (Å²) in [6.45, 7) is 3.93. The van der Waals surface area contributed by atoms with Gasteiger partial charge in [0.15, 0.2) is 0 Å². The first-order valence-corrected chi connectivity index (χ1v) is 7.11. The number of rotatable bonds is 4. The highest BCUT2D eigenvalue weighted by Gasteiger charge is 2.41. The van der Waals surface area contributed by atoms with Crippen molar-refractivity contribution in [2.75, 3.05) is 6.54 Å². The first kappa shape index (κ1) is 14.9. The maximum absolute atomic E-state index is 13.7. The molecule has 0 saturated heterocycles. The van der Waals surface area contributed by atoms with E-state index in [1.165, 1.54) is 0 Å². The summed E-state index contributed by atoms with van der Waals surface area (Å²) in [7, 11) is 0. The van der Waals surface area contributed by atoms with Crippen molar-refractivity contribution in [2.45, 2.75) is 51.5 Å². The molecule has 20 heavy (non-hydrogen) atoms. The average molecular weight is 285 g/mol. The van der Waals surface area contributed by atoms with Gasteiger partial charge in [-0.2, -0.15) is 5.10 Å². The Hall–Kier alpha value is -1.46. The Balaban J connectivity index is 1.91. The summed E-state index contributed by atoms with van der Waals surface area (Å²) < 4.78 is 29.0. The Labute approximate surface area is 117 Å². The Morgan fingerprint density at radius 1 is 1.55 bits per heavy atom. The van der Waals surface area contributed by atoms with Gasteiger partial charge in [-0.3, -0.25) is 9.48 Å². The number of aromatic nitrogens is 2. The number of amides is 1. The van der Waals surface area contributed by atoms with Crippen LogP contribution in [0.4, 0.5) is 8.78 Å². The van der Waals surface area contributed by atoms with Gasteiger partial charge in [-0.15, -0.1) is 0 Å². The molecule has 1 saturated carbocycles. The van der Waals surface area contributed by atoms with Crippen molar-refractivity contribution < 1.29 is 13.6 Å². The van der Waals surface area contributed by atoms with Gasteiger partial charge in [0.2, 0.25) is 0 Å². The minimum absolute atomic E-state index is 0.0143. The van der Waals surface area contributed by atoms with Crippen molar-refractivity contribution in [3.8, 4) is 0 Å². The van der Waals surface area contributed by atoms with E-state index in [1.54, 1.807) is 16.9 Å². The Kier molecular flexibility index (Phi) is 4.40. The minimum Gasteiger partial charge on any atom is -0.350 e. The number of hydrogen-bond donors (Lipinski definition) is 1. The minimum atomic E-state index is -2.66. The number of hydrogen-bond acceptors (Lipinski definition) is 2. The van der Waals surface area contributed by atoms with Crippen LogP contribution < -0.4 is 5.32 Å². The molecule has 0 radical (unpaired) electrons. The molecule has 0 bridgehead atoms. The third-order valence-corrected chi connectivity index (χ3v) is 3.79. The predicted molar refractivity (Wildman–Crippen MR) is 71.9 cm³/mol. The molecule has 2 rings (SSSR count). The molecule has 1 aliphatic rings. The van der Waals surface area contributed by atoms with E-state index in [2.05, 4.69) is 10.4 Å². The zero-order valence-electron chi connectivity index (χ0n) is 11.9. The normalized spacial score (nSPS) is 21.9. The maximum Gasteiger partial charge on any atom is 0.271 e. The fourth-order valence-corrected chi connectivity index (χ4v) is 2.47. The van der Waals surface area contributed by atoms with E-state index >= 15 is 0 Å². The summed E-state index contributed by atoms with van der Waals surface area (Å²) in [6.07, 6.45) is 3.48. The SMILES string of the molecule is CC(C)n1ccc(C(=O)NC[C@H]2CCCCC2(F)F)n1. The van der Waals surface area contributed by atoms with Gasteiger partial charge in [-0.05, 0) is 32.8 Å². The summed E-state index contributed by atoms with van der Waals surface area (Å²) >= 11 is 0. The lowest BCUT2D eigenvalue weighted by Crippen LogP contribution is -2.40. The smallest absolute Gasteiger partial charge is 0.271 e. The van der Waals surface area contributed by atoms with Crippen LogP contribution in [-0.4, -0.2) is 28.2 Å². The molecule has 1 amide bonds. The third-order valence-electron chi connectivity index (χ3n) is 3.79. The van der Waals surface area contributed by atoms with Crippen LogP contribution >= 0.6 is 0 Å². The van der Waals surface area contributed by atoms with Gasteiger partial charge in [0, 0.05) is 31.1 Å². The quantitative estimate of drug-likeness (QED) is 0.924. The molecule has 0 aliphatic heterocycles. The van der Waals surface area contributed by atoms with Gasteiger partial charge in [-0.1, -0.05) is 6.42 Å². The lowest BCUT2D eigenvalue weighted by Gasteiger charge is -2.31. The Morgan fingerprint density at radius 2 is 2.30 bits per heavy atom. The first-order chi connectivity index (χ1) is 9.40. The standard InChI is InChI=1S/C14H21F2N3O/c1-10(2)19-8-6-12(18-19)13(20)17-9-11-5-3-4-7-14(11,15)16/h6,8,10-11H,3-5,7,9H2,1-2H3,(H,17,20)/t11-/m1/s1. The average Bonchev–Trinajstić information content (AvgIpc) is 2.86. The lowest BCUT2D eigenvalue weighted by molar-refractivity contribution is -0.0835. The molecule has 1 N–H and O–H groups in total. The van der Waals surface area contributed by atoms with Crippen molar-refractivity contribution in [3.05, 3.63) is 18.0 Å². The van der Waals surface area contributed by atoms with Crippen molar-refractivity contribution >= 4 is 5.91 Å². The van der Waals surface area contributed by atoms with Gasteiger partial charge >= 0.3 is 0 Å². The molecular weight excluding hydrogens is 264 g/mol. The molecule has 0 aromatic carbocycles. The number of halogens is 2. The van der Waals surface area contributed by atoms with E-state index in [1.807, 2.05) is 13.8 Å². The summed E-state index contributed by atoms with van der Waals surface area (Å²) in [4.78, 5) is 11.9. The molecule has 1 aliphatic carbocycles. The Morgan fingerprint density at radius 3 is 2.90 bits per heavy atom. The number of nitrogens with zero attached hydrogens (tertiary/aromatic N) is 2. The van der Waals surface area contributed by atoms with E-state index in [-0.39, 0.29) is 30.6 Å². The van der Waals surface area contributed by atoms with Crippen LogP contribution in [0.5, 0.6) is 0 Å². The molecule has 112 valence electrons. The highest BCUT2D eigenvalue weighted by Crippen LogP contribution is 2.37. The zero-order chi connectivity index (χ0) is 14.8. The van der Waals surface area contributed by atoms with Crippen LogP contribution in [0.25, 0.3) is 0 Å². The third kappa shape index (κ3) is 3.35. The fourth-order valence-electron chi connectivity index (χ4n) is 2.47. The monoisotopic (exact) mass is 285 g/mol. The van der Waals surface area contributed by atoms with Crippen LogP contribution in [0, 0.1) is 5.92 Å². The second-order valence-electron chi connectivity index (χ2n) is 5.69. The largest absolute Gasteiger partial charge is 0.350 e. The van der Waals surface area contributed by atoms with E-state index in [0.717, 1.165) is 6.42 Å². The molecule has 1 atom stereocenters. The van der Waals surface area contributed by atoms with Gasteiger partial charge in [0.1, 0.15) is 5.69 Å². The van der Waals surface area contributed by atoms with Crippen LogP contribution in [0.2, 0.25) is 0 Å². The predicted octanol–water partition coefficient (Wildman–Crippen LogP) is 3.02. The molecule has 0 unspecified atom stereocenters. The molecule has 1 aromatic rings. The maximum atomic E-state index is 13.7. The van der Waals surface area contributed by atoms with E-state index in [9.17, 15) is 13.6 Å². The summed E-state index contributed by atoms with van der Waals surface area (Å²) in [5, 5.41) is 6.71. The molecule has 0 spiro atoms. The molecule has 1 aromatic heterocycles. The topological polar surface area (TPSA) is 46.9 Å². The van der Waals surface area contributed by atoms with Gasteiger partial charge in [0.25, 0.3) is 11.8 Å². The number of alkyl halides is 2. The number of nitrogens with one attached hydrogen (secondary N) is 1. The van der Waals surface area contributed by atoms with Crippen molar-refractivity contribution in [1.82, 2.24) is 15.1 Å². The van der Waals surface area contributed by atoms with Crippen molar-refractivity contribution in [2.24, 2.45) is 5.92 Å². The summed E-state index contributed by atoms with van der Waals surface area (Å²) in [6, 6.07) is 1.77. The highest BCUT2D eigenvalue weighted by molar-refractivity contribution is 5.92. The molecule has 1 heterocycles. The highest BCUT2D eigenvalue weighted by atomic mass is 19.3. The number of carbonyl (C=O) groups is 1. The van der Waals surface area contributed by atoms with Gasteiger partial charge in [-0.25, -0.2) is 8.78 Å². The van der Waals surface area contributed by atoms with Gasteiger partial charge in [0.05, 0.1) is 0 Å². The van der Waals surface area contributed by atoms with Gasteiger partial charge < -0.3 is 5.32 Å². The summed E-state index contributed by atoms with van der Waals surface area (Å²) in [5.74, 6) is -3.80. The molecule has 1 fully saturated rings. The first-order valence-electron chi connectivity index (χ1n) is 7.11. The molecular formula is C14H21F2N3O. The lowest BCUT2D eigenvalue weighted by atomic mass is 9.85.